The molecule has 0 radical (unpaired) electrons. The monoisotopic (exact) mass is 776 g/mol. The molecule has 0 saturated carbocycles. The number of alkyl halides is 3. The van der Waals surface area contributed by atoms with E-state index in [1.54, 1.807) is 7.11 Å². The number of likely N-dealkylation sites (tertiary alicyclic amines) is 1. The van der Waals surface area contributed by atoms with Crippen LogP contribution in [0.1, 0.15) is 72.4 Å². The second-order valence-corrected chi connectivity index (χ2v) is 15.0. The summed E-state index contributed by atoms with van der Waals surface area (Å²) in [6.45, 7) is 0.909. The predicted octanol–water partition coefficient (Wildman–Crippen LogP) is 8.71. The van der Waals surface area contributed by atoms with Crippen molar-refractivity contribution in [1.82, 2.24) is 15.2 Å². The second-order valence-electron chi connectivity index (χ2n) is 14.6. The Bertz CT molecular complexity index is 2090. The third-order valence-corrected chi connectivity index (χ3v) is 11.5. The van der Waals surface area contributed by atoms with Gasteiger partial charge in [-0.2, -0.15) is 13.2 Å². The number of aliphatic carboxylic acids is 1. The molecule has 1 amide bonds. The van der Waals surface area contributed by atoms with Crippen LogP contribution < -0.4 is 20.1 Å². The van der Waals surface area contributed by atoms with E-state index in [4.69, 9.17) is 26.1 Å². The summed E-state index contributed by atoms with van der Waals surface area (Å²) in [7, 11) is 3.02. The predicted molar refractivity (Wildman–Crippen MR) is 204 cm³/mol. The molecule has 3 heterocycles. The summed E-state index contributed by atoms with van der Waals surface area (Å²) in [5.74, 6) is -0.499. The van der Waals surface area contributed by atoms with Crippen LogP contribution in [-0.2, 0) is 35.2 Å². The highest BCUT2D eigenvalue weighted by atomic mass is 35.5. The summed E-state index contributed by atoms with van der Waals surface area (Å²) < 4.78 is 55.1. The van der Waals surface area contributed by atoms with E-state index in [0.717, 1.165) is 65.1 Å². The average molecular weight is 777 g/mol. The number of methoxy groups -OCH3 is 2. The maximum absolute atomic E-state index is 14.6. The number of halogens is 4. The average Bonchev–Trinajstić information content (AvgIpc) is 3.92. The molecule has 0 spiro atoms. The molecule has 7 rings (SSSR count). The van der Waals surface area contributed by atoms with Gasteiger partial charge in [-0.25, -0.2) is 4.98 Å². The highest BCUT2D eigenvalue weighted by Gasteiger charge is 2.37. The van der Waals surface area contributed by atoms with Crippen molar-refractivity contribution in [2.24, 2.45) is 5.92 Å². The maximum Gasteiger partial charge on any atom is 0.418 e. The number of fused-ring (bicyclic) bond motifs is 1. The largest absolute Gasteiger partial charge is 0.496 e. The lowest BCUT2D eigenvalue weighted by Crippen LogP contribution is -2.25. The summed E-state index contributed by atoms with van der Waals surface area (Å²) in [4.78, 5) is 29.7. The van der Waals surface area contributed by atoms with Crippen LogP contribution in [0.5, 0.6) is 11.6 Å². The zero-order valence-corrected chi connectivity index (χ0v) is 31.5. The number of amides is 1. The van der Waals surface area contributed by atoms with Gasteiger partial charge in [0.15, 0.2) is 0 Å². The number of carboxylic acids is 1. The number of carbonyl (C=O) groups is 2. The minimum Gasteiger partial charge on any atom is -0.496 e. The summed E-state index contributed by atoms with van der Waals surface area (Å²) in [5, 5.41) is 16.1. The zero-order valence-electron chi connectivity index (χ0n) is 30.8. The summed E-state index contributed by atoms with van der Waals surface area (Å²) in [5.41, 5.74) is 5.47. The Morgan fingerprint density at radius 3 is 2.49 bits per heavy atom. The molecule has 3 N–H and O–H groups in total. The maximum atomic E-state index is 14.6. The number of pyridine rings is 1. The van der Waals surface area contributed by atoms with Crippen LogP contribution in [0.15, 0.2) is 60.7 Å². The molecule has 2 aliphatic heterocycles. The van der Waals surface area contributed by atoms with Crippen LogP contribution in [0.2, 0.25) is 5.02 Å². The molecular weight excluding hydrogens is 733 g/mol. The number of carbonyl (C=O) groups excluding carboxylic acids is 1. The van der Waals surface area contributed by atoms with Crippen LogP contribution in [0, 0.1) is 5.92 Å². The third-order valence-electron chi connectivity index (χ3n) is 11.1. The molecule has 3 aromatic carbocycles. The number of ether oxygens (including phenoxy) is 2. The fourth-order valence-electron chi connectivity index (χ4n) is 8.31. The Labute approximate surface area is 323 Å². The lowest BCUT2D eigenvalue weighted by Gasteiger charge is -2.24. The standard InChI is InChI=1S/C42H44ClF3N4O5/c1-54-37-21-36(33(42(44,45)46)20-26(37)23-50-19-18-25(22-50)41(52)53)48-34-16-14-29-28(8-4-9-30(29)34)31-10-5-11-32(39(31)43)35-15-12-24(40(49-35)55-2)6-3-7-27-13-17-38(51)47-27/h4-5,8-12,15,20-21,25,27,34,48H,3,6-7,13-14,16-19,22-23H2,1-2H3,(H,47,51)(H,52,53)/t25-,27-,34+/m1/s1. The van der Waals surface area contributed by atoms with E-state index in [-0.39, 0.29) is 30.7 Å². The van der Waals surface area contributed by atoms with Gasteiger partial charge in [-0.3, -0.25) is 14.5 Å². The van der Waals surface area contributed by atoms with Gasteiger partial charge in [0.25, 0.3) is 0 Å². The first-order chi connectivity index (χ1) is 26.4. The fraction of sp³-hybridized carbons (Fsp3) is 0.405. The van der Waals surface area contributed by atoms with Crippen molar-refractivity contribution in [2.45, 2.75) is 76.2 Å². The van der Waals surface area contributed by atoms with Crippen LogP contribution in [0.25, 0.3) is 22.4 Å². The number of anilines is 1. The van der Waals surface area contributed by atoms with Crippen LogP contribution >= 0.6 is 11.6 Å². The molecule has 3 atom stereocenters. The number of hydrogen-bond donors (Lipinski definition) is 3. The van der Waals surface area contributed by atoms with Crippen LogP contribution in [0.4, 0.5) is 18.9 Å². The molecule has 4 aromatic rings. The van der Waals surface area contributed by atoms with E-state index in [9.17, 15) is 27.9 Å². The van der Waals surface area contributed by atoms with E-state index in [1.807, 2.05) is 53.4 Å². The van der Waals surface area contributed by atoms with E-state index >= 15 is 0 Å². The fourth-order valence-corrected chi connectivity index (χ4v) is 8.64. The van der Waals surface area contributed by atoms with Crippen molar-refractivity contribution in [3.63, 3.8) is 0 Å². The number of carboxylic acid groups (broad SMARTS) is 1. The van der Waals surface area contributed by atoms with Crippen molar-refractivity contribution < 1.29 is 37.3 Å². The first-order valence-electron chi connectivity index (χ1n) is 18.7. The number of benzene rings is 3. The molecule has 0 unspecified atom stereocenters. The number of rotatable bonds is 13. The normalized spacial score (nSPS) is 19.7. The van der Waals surface area contributed by atoms with E-state index in [0.29, 0.717) is 60.1 Å². The SMILES string of the molecule is COc1cc(N[C@H]2CCc3c(-c4cccc(-c5ccc(CCC[C@@H]6CCC(=O)N6)c(OC)n5)c4Cl)cccc32)c(C(F)(F)F)cc1CN1CC[C@@H](C(=O)O)C1. The third kappa shape index (κ3) is 8.26. The van der Waals surface area contributed by atoms with Crippen molar-refractivity contribution in [2.75, 3.05) is 32.6 Å². The van der Waals surface area contributed by atoms with Gasteiger partial charge in [-0.15, -0.1) is 0 Å². The van der Waals surface area contributed by atoms with E-state index < -0.39 is 29.7 Å². The van der Waals surface area contributed by atoms with E-state index in [1.165, 1.54) is 13.2 Å². The lowest BCUT2D eigenvalue weighted by molar-refractivity contribution is -0.141. The smallest absolute Gasteiger partial charge is 0.418 e. The molecule has 2 saturated heterocycles. The van der Waals surface area contributed by atoms with Gasteiger partial charge in [0.2, 0.25) is 11.8 Å². The molecule has 290 valence electrons. The number of hydrogen-bond acceptors (Lipinski definition) is 7. The first-order valence-corrected chi connectivity index (χ1v) is 19.0. The topological polar surface area (TPSA) is 113 Å². The molecular formula is C42H44ClF3N4O5. The molecule has 55 heavy (non-hydrogen) atoms. The molecule has 13 heteroatoms. The van der Waals surface area contributed by atoms with Gasteiger partial charge >= 0.3 is 12.1 Å². The quantitative estimate of drug-likeness (QED) is 0.124. The van der Waals surface area contributed by atoms with Gasteiger partial charge in [0, 0.05) is 53.9 Å². The van der Waals surface area contributed by atoms with Crippen molar-refractivity contribution in [1.29, 1.82) is 0 Å². The summed E-state index contributed by atoms with van der Waals surface area (Å²) in [6, 6.07) is 17.9. The Balaban J connectivity index is 1.12. The zero-order chi connectivity index (χ0) is 38.9. The van der Waals surface area contributed by atoms with Crippen molar-refractivity contribution in [3.05, 3.63) is 93.5 Å². The minimum absolute atomic E-state index is 0.0741. The number of aromatic nitrogens is 1. The van der Waals surface area contributed by atoms with Gasteiger partial charge < -0.3 is 25.2 Å². The highest BCUT2D eigenvalue weighted by molar-refractivity contribution is 6.36. The summed E-state index contributed by atoms with van der Waals surface area (Å²) >= 11 is 7.15. The number of aryl methyl sites for hydroxylation is 1. The molecule has 2 fully saturated rings. The molecule has 1 aromatic heterocycles. The lowest BCUT2D eigenvalue weighted by atomic mass is 9.94. The van der Waals surface area contributed by atoms with Crippen LogP contribution in [0.3, 0.4) is 0 Å². The van der Waals surface area contributed by atoms with Crippen molar-refractivity contribution >= 4 is 29.2 Å². The van der Waals surface area contributed by atoms with E-state index in [2.05, 4.69) is 10.6 Å². The van der Waals surface area contributed by atoms with Crippen molar-refractivity contribution in [3.8, 4) is 34.0 Å². The molecule has 9 nitrogen and oxygen atoms in total. The Hall–Kier alpha value is -4.81. The Kier molecular flexibility index (Phi) is 11.3. The number of nitrogens with zero attached hydrogens (tertiary/aromatic N) is 2. The van der Waals surface area contributed by atoms with Gasteiger partial charge in [0.1, 0.15) is 5.75 Å². The molecule has 0 bridgehead atoms. The molecule has 3 aliphatic rings. The highest BCUT2D eigenvalue weighted by Crippen LogP contribution is 2.46. The van der Waals surface area contributed by atoms with Gasteiger partial charge in [-0.1, -0.05) is 54.1 Å². The Morgan fingerprint density at radius 2 is 1.78 bits per heavy atom. The Morgan fingerprint density at radius 1 is 1.00 bits per heavy atom. The second kappa shape index (κ2) is 16.1. The number of nitrogens with one attached hydrogen (secondary N) is 2. The van der Waals surface area contributed by atoms with Gasteiger partial charge in [0.05, 0.1) is 48.1 Å². The molecule has 1 aliphatic carbocycles. The minimum atomic E-state index is -4.64. The summed E-state index contributed by atoms with van der Waals surface area (Å²) in [6.07, 6.45) is 1.00. The van der Waals surface area contributed by atoms with Gasteiger partial charge in [-0.05, 0) is 80.3 Å². The first kappa shape index (κ1) is 38.5. The van der Waals surface area contributed by atoms with Crippen LogP contribution in [-0.4, -0.2) is 60.2 Å².